The molecule has 1 amide bonds. The fourth-order valence-corrected chi connectivity index (χ4v) is 4.17. The number of rotatable bonds is 6. The summed E-state index contributed by atoms with van der Waals surface area (Å²) in [4.78, 5) is 16.1. The summed E-state index contributed by atoms with van der Waals surface area (Å²) in [5.41, 5.74) is 1.76. The molecule has 2 aromatic carbocycles. The number of carbonyl (C=O) groups is 1. The lowest BCUT2D eigenvalue weighted by Crippen LogP contribution is -2.31. The highest BCUT2D eigenvalue weighted by molar-refractivity contribution is 8.00. The summed E-state index contributed by atoms with van der Waals surface area (Å²) >= 11 is 1.56. The van der Waals surface area contributed by atoms with Gasteiger partial charge in [-0.05, 0) is 29.8 Å². The van der Waals surface area contributed by atoms with E-state index in [1.165, 1.54) is 0 Å². The number of likely N-dealkylation sites (N-methyl/N-ethyl adjacent to an activating group) is 1. The van der Waals surface area contributed by atoms with Gasteiger partial charge in [-0.2, -0.15) is 0 Å². The lowest BCUT2D eigenvalue weighted by atomic mass is 10.1. The fourth-order valence-electron chi connectivity index (χ4n) is 3.01. The Morgan fingerprint density at radius 2 is 1.64 bits per heavy atom. The van der Waals surface area contributed by atoms with Crippen molar-refractivity contribution in [3.8, 4) is 0 Å². The van der Waals surface area contributed by atoms with E-state index in [0.29, 0.717) is 6.54 Å². The second-order valence-electron chi connectivity index (χ2n) is 6.46. The first kappa shape index (κ1) is 18.3. The van der Waals surface area contributed by atoms with E-state index in [2.05, 4.69) is 10.2 Å². The molecule has 4 rings (SSSR count). The van der Waals surface area contributed by atoms with E-state index in [-0.39, 0.29) is 11.2 Å². The fraction of sp³-hybridized carbons (Fsp3) is 0.136. The van der Waals surface area contributed by atoms with Crippen LogP contribution in [0, 0.1) is 0 Å². The lowest BCUT2D eigenvalue weighted by molar-refractivity contribution is -0.130. The van der Waals surface area contributed by atoms with Crippen LogP contribution in [0.2, 0.25) is 0 Å². The minimum absolute atomic E-state index is 0.0349. The molecule has 140 valence electrons. The van der Waals surface area contributed by atoms with Gasteiger partial charge in [0, 0.05) is 18.1 Å². The molecule has 0 saturated heterocycles. The minimum Gasteiger partial charge on any atom is -0.337 e. The molecule has 6 heteroatoms. The van der Waals surface area contributed by atoms with Crippen LogP contribution in [0.25, 0.3) is 5.65 Å². The van der Waals surface area contributed by atoms with Gasteiger partial charge in [-0.25, -0.2) is 0 Å². The number of fused-ring (bicyclic) bond motifs is 1. The number of benzene rings is 2. The van der Waals surface area contributed by atoms with E-state index in [0.717, 1.165) is 21.9 Å². The van der Waals surface area contributed by atoms with Crippen LogP contribution in [0.4, 0.5) is 0 Å². The molecule has 2 heterocycles. The topological polar surface area (TPSA) is 50.5 Å². The minimum atomic E-state index is -0.326. The standard InChI is InChI=1S/C22H20N4OS/c1-25(16-20-24-23-19-14-8-9-15-26(19)20)22(27)21(17-10-4-2-5-11-17)28-18-12-6-3-7-13-18/h2-15,21H,16H2,1H3/t21-/m1/s1. The summed E-state index contributed by atoms with van der Waals surface area (Å²) in [6, 6.07) is 25.6. The van der Waals surface area contributed by atoms with Gasteiger partial charge in [-0.1, -0.05) is 54.6 Å². The van der Waals surface area contributed by atoms with Crippen LogP contribution in [0.15, 0.2) is 90.0 Å². The lowest BCUT2D eigenvalue weighted by Gasteiger charge is -2.23. The highest BCUT2D eigenvalue weighted by Crippen LogP contribution is 2.36. The Labute approximate surface area is 168 Å². The van der Waals surface area contributed by atoms with Crippen LogP contribution in [-0.4, -0.2) is 32.5 Å². The molecule has 2 aromatic heterocycles. The molecule has 28 heavy (non-hydrogen) atoms. The Morgan fingerprint density at radius 1 is 0.964 bits per heavy atom. The molecular weight excluding hydrogens is 368 g/mol. The van der Waals surface area contributed by atoms with Gasteiger partial charge in [0.15, 0.2) is 11.5 Å². The highest BCUT2D eigenvalue weighted by Gasteiger charge is 2.26. The number of thioether (sulfide) groups is 1. The Morgan fingerprint density at radius 3 is 2.39 bits per heavy atom. The van der Waals surface area contributed by atoms with Crippen LogP contribution < -0.4 is 0 Å². The molecule has 0 radical (unpaired) electrons. The number of nitrogens with zero attached hydrogens (tertiary/aromatic N) is 4. The Bertz CT molecular complexity index is 1070. The second-order valence-corrected chi connectivity index (χ2v) is 7.64. The van der Waals surface area contributed by atoms with Crippen LogP contribution in [0.1, 0.15) is 16.6 Å². The zero-order valence-corrected chi connectivity index (χ0v) is 16.3. The molecule has 0 aliphatic carbocycles. The van der Waals surface area contributed by atoms with Crippen molar-refractivity contribution in [1.29, 1.82) is 0 Å². The van der Waals surface area contributed by atoms with Crippen molar-refractivity contribution >= 4 is 23.3 Å². The third-order valence-corrected chi connectivity index (χ3v) is 5.72. The maximum atomic E-state index is 13.4. The molecule has 0 spiro atoms. The molecular formula is C22H20N4OS. The van der Waals surface area contributed by atoms with Crippen molar-refractivity contribution in [3.63, 3.8) is 0 Å². The average molecular weight is 388 g/mol. The van der Waals surface area contributed by atoms with Crippen molar-refractivity contribution in [2.75, 3.05) is 7.05 Å². The third-order valence-electron chi connectivity index (χ3n) is 4.46. The van der Waals surface area contributed by atoms with Crippen LogP contribution in [0.3, 0.4) is 0 Å². The predicted molar refractivity (Wildman–Crippen MR) is 111 cm³/mol. The van der Waals surface area contributed by atoms with Gasteiger partial charge in [-0.3, -0.25) is 9.20 Å². The highest BCUT2D eigenvalue weighted by atomic mass is 32.2. The Balaban J connectivity index is 1.59. The summed E-state index contributed by atoms with van der Waals surface area (Å²) in [5.74, 6) is 0.774. The van der Waals surface area contributed by atoms with Crippen molar-refractivity contribution in [2.24, 2.45) is 0 Å². The molecule has 0 unspecified atom stereocenters. The number of aromatic nitrogens is 3. The van der Waals surface area contributed by atoms with Gasteiger partial charge in [0.05, 0.1) is 6.54 Å². The third kappa shape index (κ3) is 3.92. The first-order valence-electron chi connectivity index (χ1n) is 9.02. The van der Waals surface area contributed by atoms with Crippen LogP contribution >= 0.6 is 11.8 Å². The number of carbonyl (C=O) groups excluding carboxylic acids is 1. The van der Waals surface area contributed by atoms with E-state index < -0.39 is 0 Å². The Kier molecular flexibility index (Phi) is 5.39. The monoisotopic (exact) mass is 388 g/mol. The number of amides is 1. The second kappa shape index (κ2) is 8.27. The Hall–Kier alpha value is -3.12. The van der Waals surface area contributed by atoms with Gasteiger partial charge < -0.3 is 4.90 Å². The molecule has 0 bridgehead atoms. The number of hydrogen-bond donors (Lipinski definition) is 0. The first-order chi connectivity index (χ1) is 13.7. The normalized spacial score (nSPS) is 12.0. The predicted octanol–water partition coefficient (Wildman–Crippen LogP) is 4.22. The van der Waals surface area contributed by atoms with Gasteiger partial charge in [0.25, 0.3) is 0 Å². The van der Waals surface area contributed by atoms with Gasteiger partial charge >= 0.3 is 0 Å². The molecule has 4 aromatic rings. The van der Waals surface area contributed by atoms with E-state index >= 15 is 0 Å². The maximum absolute atomic E-state index is 13.4. The van der Waals surface area contributed by atoms with Crippen molar-refractivity contribution in [3.05, 3.63) is 96.4 Å². The first-order valence-corrected chi connectivity index (χ1v) is 9.90. The maximum Gasteiger partial charge on any atom is 0.240 e. The SMILES string of the molecule is CN(Cc1nnc2ccccn12)C(=O)[C@H](Sc1ccccc1)c1ccccc1. The molecule has 1 atom stereocenters. The van der Waals surface area contributed by atoms with Gasteiger partial charge in [0.2, 0.25) is 5.91 Å². The van der Waals surface area contributed by atoms with Crippen LogP contribution in [-0.2, 0) is 11.3 Å². The summed E-state index contributed by atoms with van der Waals surface area (Å²) in [6.07, 6.45) is 1.91. The van der Waals surface area contributed by atoms with Crippen molar-refractivity contribution in [1.82, 2.24) is 19.5 Å². The van der Waals surface area contributed by atoms with Crippen LogP contribution in [0.5, 0.6) is 0 Å². The average Bonchev–Trinajstić information content (AvgIpc) is 3.16. The van der Waals surface area contributed by atoms with E-state index in [9.17, 15) is 4.79 Å². The molecule has 0 saturated carbocycles. The molecule has 0 N–H and O–H groups in total. The van der Waals surface area contributed by atoms with E-state index in [4.69, 9.17) is 0 Å². The summed E-state index contributed by atoms with van der Waals surface area (Å²) in [6.45, 7) is 0.392. The summed E-state index contributed by atoms with van der Waals surface area (Å²) in [5, 5.41) is 8.09. The molecule has 5 nitrogen and oxygen atoms in total. The van der Waals surface area contributed by atoms with Gasteiger partial charge in [-0.15, -0.1) is 22.0 Å². The summed E-state index contributed by atoms with van der Waals surface area (Å²) in [7, 11) is 1.81. The quantitative estimate of drug-likeness (QED) is 0.464. The largest absolute Gasteiger partial charge is 0.337 e. The van der Waals surface area contributed by atoms with Crippen molar-refractivity contribution < 1.29 is 4.79 Å². The summed E-state index contributed by atoms with van der Waals surface area (Å²) < 4.78 is 1.91. The van der Waals surface area contributed by atoms with E-state index in [1.807, 2.05) is 96.5 Å². The van der Waals surface area contributed by atoms with E-state index in [1.54, 1.807) is 16.7 Å². The smallest absolute Gasteiger partial charge is 0.240 e. The number of hydrogen-bond acceptors (Lipinski definition) is 4. The van der Waals surface area contributed by atoms with Gasteiger partial charge in [0.1, 0.15) is 5.25 Å². The number of pyridine rings is 1. The molecule has 0 fully saturated rings. The van der Waals surface area contributed by atoms with Crippen molar-refractivity contribution in [2.45, 2.75) is 16.7 Å². The zero-order valence-electron chi connectivity index (χ0n) is 15.5. The molecule has 0 aliphatic heterocycles. The zero-order chi connectivity index (χ0) is 19.3. The molecule has 0 aliphatic rings.